The smallest absolute Gasteiger partial charge is 0.227 e. The third-order valence-electron chi connectivity index (χ3n) is 8.10. The number of nitrogens with one attached hydrogen (secondary N) is 1. The lowest BCUT2D eigenvalue weighted by atomic mass is 9.92. The number of allylic oxidation sites excluding steroid dienone is 2. The highest BCUT2D eigenvalue weighted by Crippen LogP contribution is 2.25. The van der Waals surface area contributed by atoms with Crippen molar-refractivity contribution in [3.63, 3.8) is 0 Å². The van der Waals surface area contributed by atoms with Crippen LogP contribution in [0.2, 0.25) is 5.02 Å². The van der Waals surface area contributed by atoms with Gasteiger partial charge in [-0.05, 0) is 43.6 Å². The van der Waals surface area contributed by atoms with Gasteiger partial charge in [-0.1, -0.05) is 31.2 Å². The fourth-order valence-electron chi connectivity index (χ4n) is 5.31. The van der Waals surface area contributed by atoms with Crippen LogP contribution in [0.25, 0.3) is 0 Å². The molecule has 246 valence electrons. The SMILES string of the molecule is C=C(/C=C(/F)C(=C)CC(=O)N1CC(CNC[C@H](O)[C@@H](O)[C@H](O)CCO)C1)OCCCCC1CCN(c2ncc(Cl)cn2)CC1. The molecule has 0 spiro atoms. The standard InChI is InChI=1S/C31H47ClFN5O6/c1-21(13-29(42)38-19-24(20-38)15-34-18-28(41)30(43)27(40)8-11-39)26(33)14-22(2)44-12-4-3-5-23-6-9-37(10-7-23)31-35-16-25(32)17-36-31/h14,16-17,23-24,27-28,30,34,39-41,43H,1-13,15,18-20H2/b26-14+/t27-,28+,30+/m1/s1. The largest absolute Gasteiger partial charge is 0.494 e. The molecule has 2 fully saturated rings. The highest BCUT2D eigenvalue weighted by atomic mass is 35.5. The molecule has 2 aliphatic rings. The molecule has 1 aromatic heterocycles. The zero-order valence-corrected chi connectivity index (χ0v) is 26.0. The predicted octanol–water partition coefficient (Wildman–Crippen LogP) is 2.36. The minimum Gasteiger partial charge on any atom is -0.494 e. The van der Waals surface area contributed by atoms with E-state index in [-0.39, 0.29) is 49.2 Å². The second-order valence-corrected chi connectivity index (χ2v) is 12.1. The molecule has 13 heteroatoms. The van der Waals surface area contributed by atoms with Gasteiger partial charge >= 0.3 is 0 Å². The second kappa shape index (κ2) is 18.4. The number of nitrogens with zero attached hydrogens (tertiary/aromatic N) is 4. The van der Waals surface area contributed by atoms with E-state index in [1.807, 2.05) is 0 Å². The summed E-state index contributed by atoms with van der Waals surface area (Å²) in [4.78, 5) is 24.9. The normalized spacial score (nSPS) is 18.5. The molecule has 0 unspecified atom stereocenters. The lowest BCUT2D eigenvalue weighted by Gasteiger charge is -2.39. The summed E-state index contributed by atoms with van der Waals surface area (Å²) >= 11 is 5.87. The van der Waals surface area contributed by atoms with E-state index in [1.165, 1.54) is 6.08 Å². The average molecular weight is 640 g/mol. The van der Waals surface area contributed by atoms with Gasteiger partial charge in [-0.2, -0.15) is 0 Å². The summed E-state index contributed by atoms with van der Waals surface area (Å²) in [5, 5.41) is 41.8. The number of likely N-dealkylation sites (tertiary alicyclic amines) is 1. The zero-order chi connectivity index (χ0) is 32.1. The van der Waals surface area contributed by atoms with Crippen LogP contribution in [0.4, 0.5) is 10.3 Å². The summed E-state index contributed by atoms with van der Waals surface area (Å²) in [5.41, 5.74) is 0.0650. The number of carbonyl (C=O) groups excluding carboxylic acids is 1. The number of aliphatic hydroxyl groups is 4. The van der Waals surface area contributed by atoms with Crippen LogP contribution in [-0.4, -0.2) is 112 Å². The van der Waals surface area contributed by atoms with Crippen molar-refractivity contribution in [2.24, 2.45) is 11.8 Å². The Hall–Kier alpha value is -2.61. The van der Waals surface area contributed by atoms with Crippen LogP contribution in [0.3, 0.4) is 0 Å². The number of hydrogen-bond acceptors (Lipinski definition) is 10. The number of halogens is 2. The number of ether oxygens (including phenoxy) is 1. The molecule has 2 saturated heterocycles. The van der Waals surface area contributed by atoms with E-state index >= 15 is 0 Å². The van der Waals surface area contributed by atoms with Crippen molar-refractivity contribution in [1.82, 2.24) is 20.2 Å². The van der Waals surface area contributed by atoms with Gasteiger partial charge in [0, 0.05) is 57.9 Å². The van der Waals surface area contributed by atoms with Crippen LogP contribution in [0.5, 0.6) is 0 Å². The van der Waals surface area contributed by atoms with Gasteiger partial charge in [-0.15, -0.1) is 0 Å². The van der Waals surface area contributed by atoms with Crippen molar-refractivity contribution >= 4 is 23.5 Å². The van der Waals surface area contributed by atoms with Gasteiger partial charge < -0.3 is 40.3 Å². The van der Waals surface area contributed by atoms with Crippen molar-refractivity contribution in [3.8, 4) is 0 Å². The third kappa shape index (κ3) is 11.7. The molecule has 5 N–H and O–H groups in total. The molecule has 0 aromatic carbocycles. The van der Waals surface area contributed by atoms with E-state index in [9.17, 15) is 24.5 Å². The fourth-order valence-corrected chi connectivity index (χ4v) is 5.41. The van der Waals surface area contributed by atoms with E-state index in [4.69, 9.17) is 21.4 Å². The van der Waals surface area contributed by atoms with Gasteiger partial charge in [0.1, 0.15) is 17.7 Å². The number of anilines is 1. The summed E-state index contributed by atoms with van der Waals surface area (Å²) in [5.74, 6) is 0.853. The maximum atomic E-state index is 14.6. The van der Waals surface area contributed by atoms with Crippen LogP contribution in [0, 0.1) is 11.8 Å². The van der Waals surface area contributed by atoms with E-state index < -0.39 is 24.1 Å². The summed E-state index contributed by atoms with van der Waals surface area (Å²) in [6, 6.07) is 0. The van der Waals surface area contributed by atoms with Gasteiger partial charge in [-0.3, -0.25) is 4.79 Å². The monoisotopic (exact) mass is 639 g/mol. The van der Waals surface area contributed by atoms with Crippen molar-refractivity contribution in [1.29, 1.82) is 0 Å². The number of amides is 1. The molecule has 44 heavy (non-hydrogen) atoms. The Kier molecular flexibility index (Phi) is 15.0. The van der Waals surface area contributed by atoms with Crippen molar-refractivity contribution in [2.75, 3.05) is 57.4 Å². The molecule has 1 amide bonds. The summed E-state index contributed by atoms with van der Waals surface area (Å²) in [7, 11) is 0. The minimum absolute atomic E-state index is 0.0229. The Morgan fingerprint density at radius 1 is 1.14 bits per heavy atom. The van der Waals surface area contributed by atoms with E-state index in [0.29, 0.717) is 37.2 Å². The Balaban J connectivity index is 1.22. The highest BCUT2D eigenvalue weighted by Gasteiger charge is 2.31. The first kappa shape index (κ1) is 35.9. The van der Waals surface area contributed by atoms with Gasteiger partial charge in [0.15, 0.2) is 0 Å². The average Bonchev–Trinajstić information content (AvgIpc) is 2.98. The number of unbranched alkanes of at least 4 members (excludes halogenated alkanes) is 1. The fraction of sp³-hybridized carbons (Fsp3) is 0.645. The molecular formula is C31H47ClFN5O6. The molecule has 3 atom stereocenters. The van der Waals surface area contributed by atoms with Crippen molar-refractivity contribution in [2.45, 2.75) is 63.3 Å². The number of hydrogen-bond donors (Lipinski definition) is 5. The molecule has 11 nitrogen and oxygen atoms in total. The number of rotatable bonds is 19. The van der Waals surface area contributed by atoms with E-state index in [0.717, 1.165) is 51.1 Å². The van der Waals surface area contributed by atoms with E-state index in [2.05, 4.69) is 33.3 Å². The number of carbonyl (C=O) groups is 1. The molecule has 0 radical (unpaired) electrons. The maximum absolute atomic E-state index is 14.6. The van der Waals surface area contributed by atoms with Crippen LogP contribution in [-0.2, 0) is 9.53 Å². The maximum Gasteiger partial charge on any atom is 0.227 e. The van der Waals surface area contributed by atoms with E-state index in [1.54, 1.807) is 17.3 Å². The van der Waals surface area contributed by atoms with Gasteiger partial charge in [0.25, 0.3) is 0 Å². The Morgan fingerprint density at radius 3 is 2.48 bits per heavy atom. The number of piperidine rings is 1. The van der Waals surface area contributed by atoms with Crippen LogP contribution in [0.15, 0.2) is 48.8 Å². The first-order chi connectivity index (χ1) is 21.1. The number of aliphatic hydroxyl groups excluding tert-OH is 4. The topological polar surface area (TPSA) is 152 Å². The lowest BCUT2D eigenvalue weighted by Crippen LogP contribution is -2.54. The molecule has 0 saturated carbocycles. The minimum atomic E-state index is -1.36. The third-order valence-corrected chi connectivity index (χ3v) is 8.29. The Bertz CT molecular complexity index is 1100. The number of aromatic nitrogens is 2. The zero-order valence-electron chi connectivity index (χ0n) is 25.3. The summed E-state index contributed by atoms with van der Waals surface area (Å²) < 4.78 is 20.2. The molecule has 3 rings (SSSR count). The Labute approximate surface area is 264 Å². The van der Waals surface area contributed by atoms with Gasteiger partial charge in [-0.25, -0.2) is 14.4 Å². The van der Waals surface area contributed by atoms with Crippen molar-refractivity contribution in [3.05, 3.63) is 53.8 Å². The van der Waals surface area contributed by atoms with Crippen molar-refractivity contribution < 1.29 is 34.3 Å². The second-order valence-electron chi connectivity index (χ2n) is 11.7. The predicted molar refractivity (Wildman–Crippen MR) is 167 cm³/mol. The molecular weight excluding hydrogens is 593 g/mol. The van der Waals surface area contributed by atoms with Crippen LogP contribution in [0.1, 0.15) is 44.9 Å². The van der Waals surface area contributed by atoms with Crippen LogP contribution < -0.4 is 10.2 Å². The molecule has 0 aliphatic carbocycles. The van der Waals surface area contributed by atoms with Gasteiger partial charge in [0.2, 0.25) is 11.9 Å². The Morgan fingerprint density at radius 2 is 1.82 bits per heavy atom. The molecule has 0 bridgehead atoms. The quantitative estimate of drug-likeness (QED) is 0.0867. The lowest BCUT2D eigenvalue weighted by molar-refractivity contribution is -0.136. The molecule has 3 heterocycles. The van der Waals surface area contributed by atoms with Gasteiger partial charge in [0.05, 0.1) is 42.7 Å². The highest BCUT2D eigenvalue weighted by molar-refractivity contribution is 6.30. The summed E-state index contributed by atoms with van der Waals surface area (Å²) in [6.45, 7) is 11.0. The first-order valence-electron chi connectivity index (χ1n) is 15.3. The molecule has 1 aromatic rings. The molecule has 2 aliphatic heterocycles. The van der Waals surface area contributed by atoms with Crippen LogP contribution >= 0.6 is 11.6 Å². The summed E-state index contributed by atoms with van der Waals surface area (Å²) in [6.07, 6.45) is 5.59. The first-order valence-corrected chi connectivity index (χ1v) is 15.7.